The number of nitrogens with one attached hydrogen (secondary N) is 1. The molecule has 0 heterocycles. The predicted octanol–water partition coefficient (Wildman–Crippen LogP) is 0.889. The van der Waals surface area contributed by atoms with Crippen molar-refractivity contribution in [3.63, 3.8) is 0 Å². The second kappa shape index (κ2) is 8.72. The topological polar surface area (TPSA) is 58.6 Å². The molecule has 0 fully saturated rings. The monoisotopic (exact) mass is 201 g/mol. The molecule has 82 valence electrons. The van der Waals surface area contributed by atoms with Crippen LogP contribution in [0.3, 0.4) is 0 Å². The molecule has 0 rings (SSSR count). The van der Waals surface area contributed by atoms with Crippen LogP contribution in [0, 0.1) is 5.92 Å². The Kier molecular flexibility index (Phi) is 8.17. The zero-order valence-electron chi connectivity index (χ0n) is 8.82. The molecule has 0 aliphatic carbocycles. The highest BCUT2D eigenvalue weighted by molar-refractivity contribution is 5.79. The van der Waals surface area contributed by atoms with Crippen molar-refractivity contribution in [2.75, 3.05) is 26.3 Å². The van der Waals surface area contributed by atoms with E-state index >= 15 is 0 Å². The van der Waals surface area contributed by atoms with Crippen LogP contribution in [0.5, 0.6) is 0 Å². The summed E-state index contributed by atoms with van der Waals surface area (Å²) in [7, 11) is 0. The Bertz CT molecular complexity index is 178. The Hall–Kier alpha value is -0.870. The summed E-state index contributed by atoms with van der Waals surface area (Å²) < 4.78 is 5.32. The number of hydrogen-bond donors (Lipinski definition) is 2. The van der Waals surface area contributed by atoms with Crippen molar-refractivity contribution in [2.24, 2.45) is 5.92 Å². The first kappa shape index (κ1) is 13.1. The van der Waals surface area contributed by atoms with Crippen molar-refractivity contribution < 1.29 is 14.6 Å². The minimum atomic E-state index is -0.914. The number of aliphatic carboxylic acids is 1. The zero-order chi connectivity index (χ0) is 10.8. The Labute approximate surface area is 85.0 Å². The zero-order valence-corrected chi connectivity index (χ0v) is 8.82. The molecule has 0 aromatic heterocycles. The molecule has 0 aliphatic rings. The molecule has 4 heteroatoms. The fourth-order valence-corrected chi connectivity index (χ4v) is 0.809. The van der Waals surface area contributed by atoms with Gasteiger partial charge in [-0.1, -0.05) is 19.9 Å². The van der Waals surface area contributed by atoms with Gasteiger partial charge in [-0.15, -0.1) is 0 Å². The van der Waals surface area contributed by atoms with Crippen LogP contribution in [-0.2, 0) is 9.53 Å². The summed E-state index contributed by atoms with van der Waals surface area (Å²) in [4.78, 5) is 10.1. The van der Waals surface area contributed by atoms with Gasteiger partial charge in [-0.25, -0.2) is 4.79 Å². The molecule has 0 bridgehead atoms. The highest BCUT2D eigenvalue weighted by Gasteiger charge is 1.92. The van der Waals surface area contributed by atoms with Crippen molar-refractivity contribution in [1.29, 1.82) is 0 Å². The predicted molar refractivity (Wildman–Crippen MR) is 55.3 cm³/mol. The molecular weight excluding hydrogens is 182 g/mol. The van der Waals surface area contributed by atoms with E-state index in [9.17, 15) is 4.79 Å². The first-order valence-corrected chi connectivity index (χ1v) is 4.81. The van der Waals surface area contributed by atoms with Gasteiger partial charge >= 0.3 is 5.97 Å². The summed E-state index contributed by atoms with van der Waals surface area (Å²) in [6.45, 7) is 6.95. The van der Waals surface area contributed by atoms with Gasteiger partial charge in [-0.05, 0) is 5.92 Å². The second-order valence-electron chi connectivity index (χ2n) is 3.41. The van der Waals surface area contributed by atoms with Crippen molar-refractivity contribution in [3.05, 3.63) is 12.2 Å². The van der Waals surface area contributed by atoms with Crippen molar-refractivity contribution >= 4 is 5.97 Å². The smallest absolute Gasteiger partial charge is 0.328 e. The Morgan fingerprint density at radius 1 is 1.57 bits per heavy atom. The number of hydrogen-bond acceptors (Lipinski definition) is 3. The summed E-state index contributed by atoms with van der Waals surface area (Å²) in [6, 6.07) is 0. The number of carboxylic acid groups (broad SMARTS) is 1. The SMILES string of the molecule is CC(C)COCCNC/C=C/C(=O)O. The van der Waals surface area contributed by atoms with E-state index in [0.717, 1.165) is 19.2 Å². The quantitative estimate of drug-likeness (QED) is 0.452. The van der Waals surface area contributed by atoms with E-state index in [1.165, 1.54) is 0 Å². The summed E-state index contributed by atoms with van der Waals surface area (Å²) in [5.41, 5.74) is 0. The maximum Gasteiger partial charge on any atom is 0.328 e. The second-order valence-corrected chi connectivity index (χ2v) is 3.41. The summed E-state index contributed by atoms with van der Waals surface area (Å²) in [6.07, 6.45) is 2.70. The lowest BCUT2D eigenvalue weighted by Crippen LogP contribution is -2.20. The highest BCUT2D eigenvalue weighted by Crippen LogP contribution is 1.90. The molecule has 0 spiro atoms. The normalized spacial score (nSPS) is 11.4. The summed E-state index contributed by atoms with van der Waals surface area (Å²) in [5.74, 6) is -0.357. The molecular formula is C10H19NO3. The lowest BCUT2D eigenvalue weighted by molar-refractivity contribution is -0.131. The fourth-order valence-electron chi connectivity index (χ4n) is 0.809. The minimum Gasteiger partial charge on any atom is -0.478 e. The number of carboxylic acids is 1. The number of carbonyl (C=O) groups is 1. The van der Waals surface area contributed by atoms with Gasteiger partial charge in [0.1, 0.15) is 0 Å². The third-order valence-corrected chi connectivity index (χ3v) is 1.40. The molecule has 0 atom stereocenters. The molecule has 0 saturated heterocycles. The van der Waals surface area contributed by atoms with Crippen molar-refractivity contribution in [2.45, 2.75) is 13.8 Å². The summed E-state index contributed by atoms with van der Waals surface area (Å²) in [5, 5.41) is 11.3. The van der Waals surface area contributed by atoms with Gasteiger partial charge in [0.25, 0.3) is 0 Å². The lowest BCUT2D eigenvalue weighted by Gasteiger charge is -2.06. The van der Waals surface area contributed by atoms with Gasteiger partial charge in [0.05, 0.1) is 6.61 Å². The minimum absolute atomic E-state index is 0.557. The van der Waals surface area contributed by atoms with E-state index in [1.807, 2.05) is 0 Å². The lowest BCUT2D eigenvalue weighted by atomic mass is 10.2. The van der Waals surface area contributed by atoms with E-state index in [4.69, 9.17) is 9.84 Å². The van der Waals surface area contributed by atoms with E-state index in [-0.39, 0.29) is 0 Å². The first-order chi connectivity index (χ1) is 6.63. The molecule has 0 aliphatic heterocycles. The van der Waals surface area contributed by atoms with Crippen molar-refractivity contribution in [1.82, 2.24) is 5.32 Å². The largest absolute Gasteiger partial charge is 0.478 e. The standard InChI is InChI=1S/C10H19NO3/c1-9(2)8-14-7-6-11-5-3-4-10(12)13/h3-4,9,11H,5-8H2,1-2H3,(H,12,13)/b4-3+. The Morgan fingerprint density at radius 2 is 2.29 bits per heavy atom. The van der Waals surface area contributed by atoms with Gasteiger partial charge in [0, 0.05) is 25.8 Å². The molecule has 0 unspecified atom stereocenters. The van der Waals surface area contributed by atoms with E-state index in [0.29, 0.717) is 19.1 Å². The van der Waals surface area contributed by atoms with Gasteiger partial charge in [0.15, 0.2) is 0 Å². The van der Waals surface area contributed by atoms with Crippen LogP contribution in [-0.4, -0.2) is 37.4 Å². The van der Waals surface area contributed by atoms with E-state index < -0.39 is 5.97 Å². The third kappa shape index (κ3) is 11.1. The third-order valence-electron chi connectivity index (χ3n) is 1.40. The molecule has 2 N–H and O–H groups in total. The van der Waals surface area contributed by atoms with Crippen LogP contribution in [0.15, 0.2) is 12.2 Å². The average molecular weight is 201 g/mol. The number of ether oxygens (including phenoxy) is 1. The van der Waals surface area contributed by atoms with Gasteiger partial charge < -0.3 is 15.2 Å². The van der Waals surface area contributed by atoms with Crippen LogP contribution in [0.1, 0.15) is 13.8 Å². The molecule has 0 amide bonds. The van der Waals surface area contributed by atoms with Crippen LogP contribution in [0.25, 0.3) is 0 Å². The van der Waals surface area contributed by atoms with E-state index in [2.05, 4.69) is 19.2 Å². The highest BCUT2D eigenvalue weighted by atomic mass is 16.5. The maximum absolute atomic E-state index is 10.1. The average Bonchev–Trinajstić information content (AvgIpc) is 2.08. The van der Waals surface area contributed by atoms with Crippen LogP contribution < -0.4 is 5.32 Å². The Morgan fingerprint density at radius 3 is 2.86 bits per heavy atom. The van der Waals surface area contributed by atoms with Crippen LogP contribution in [0.4, 0.5) is 0 Å². The molecule has 14 heavy (non-hydrogen) atoms. The van der Waals surface area contributed by atoms with Crippen LogP contribution >= 0.6 is 0 Å². The molecule has 0 aromatic carbocycles. The molecule has 0 aromatic rings. The van der Waals surface area contributed by atoms with Crippen LogP contribution in [0.2, 0.25) is 0 Å². The van der Waals surface area contributed by atoms with Gasteiger partial charge in [-0.3, -0.25) is 0 Å². The first-order valence-electron chi connectivity index (χ1n) is 4.81. The molecule has 0 radical (unpaired) electrons. The van der Waals surface area contributed by atoms with Crippen molar-refractivity contribution in [3.8, 4) is 0 Å². The summed E-state index contributed by atoms with van der Waals surface area (Å²) >= 11 is 0. The Balaban J connectivity index is 3.10. The number of rotatable bonds is 8. The molecule has 4 nitrogen and oxygen atoms in total. The van der Waals surface area contributed by atoms with E-state index in [1.54, 1.807) is 6.08 Å². The fraction of sp³-hybridized carbons (Fsp3) is 0.700. The maximum atomic E-state index is 10.1. The van der Waals surface area contributed by atoms with Gasteiger partial charge in [0.2, 0.25) is 0 Å². The molecule has 0 saturated carbocycles. The van der Waals surface area contributed by atoms with Gasteiger partial charge in [-0.2, -0.15) is 0 Å².